The number of halogens is 1. The molecule has 1 fully saturated rings. The molecular formula is C27H21FN8O. The summed E-state index contributed by atoms with van der Waals surface area (Å²) in [6.45, 7) is 1.55. The van der Waals surface area contributed by atoms with Crippen LogP contribution >= 0.6 is 0 Å². The maximum absolute atomic E-state index is 14.0. The second-order valence-corrected chi connectivity index (χ2v) is 9.26. The normalized spacial score (nSPS) is 13.9. The Bertz CT molecular complexity index is 1780. The lowest BCUT2D eigenvalue weighted by molar-refractivity contribution is 0.469. The Morgan fingerprint density at radius 1 is 0.946 bits per heavy atom. The molecule has 2 aromatic carbocycles. The summed E-state index contributed by atoms with van der Waals surface area (Å²) in [5, 5.41) is 19.3. The Morgan fingerprint density at radius 3 is 2.65 bits per heavy atom. The molecule has 0 spiro atoms. The molecule has 37 heavy (non-hydrogen) atoms. The van der Waals surface area contributed by atoms with Crippen LogP contribution < -0.4 is 10.6 Å². The van der Waals surface area contributed by atoms with Crippen LogP contribution in [0.15, 0.2) is 67.1 Å². The number of anilines is 1. The molecule has 1 aliphatic rings. The van der Waals surface area contributed by atoms with Crippen molar-refractivity contribution in [1.82, 2.24) is 30.1 Å². The number of aromatic hydroxyl groups is 1. The minimum atomic E-state index is -0.528. The number of benzene rings is 2. The summed E-state index contributed by atoms with van der Waals surface area (Å²) in [6, 6.07) is 13.9. The second kappa shape index (κ2) is 8.10. The van der Waals surface area contributed by atoms with Gasteiger partial charge in [0, 0.05) is 58.8 Å². The van der Waals surface area contributed by atoms with Crippen LogP contribution in [0.1, 0.15) is 0 Å². The first kappa shape index (κ1) is 21.5. The Balaban J connectivity index is 1.31. The van der Waals surface area contributed by atoms with E-state index in [-0.39, 0.29) is 11.8 Å². The first-order valence-corrected chi connectivity index (χ1v) is 11.8. The number of rotatable bonds is 4. The van der Waals surface area contributed by atoms with E-state index in [4.69, 9.17) is 10.7 Å². The first-order valence-electron chi connectivity index (χ1n) is 11.8. The molecule has 7 rings (SSSR count). The number of fused-ring (bicyclic) bond motifs is 2. The van der Waals surface area contributed by atoms with Gasteiger partial charge in [0.05, 0.1) is 35.0 Å². The van der Waals surface area contributed by atoms with Gasteiger partial charge in [0.25, 0.3) is 0 Å². The monoisotopic (exact) mass is 492 g/mol. The van der Waals surface area contributed by atoms with E-state index in [2.05, 4.69) is 30.0 Å². The lowest BCUT2D eigenvalue weighted by Crippen LogP contribution is -2.56. The number of H-pyrrole nitrogens is 2. The molecule has 6 aromatic rings. The zero-order chi connectivity index (χ0) is 25.1. The quantitative estimate of drug-likeness (QED) is 0.290. The van der Waals surface area contributed by atoms with Crippen LogP contribution in [0.2, 0.25) is 0 Å². The molecule has 10 heteroatoms. The van der Waals surface area contributed by atoms with Crippen molar-refractivity contribution in [3.05, 3.63) is 72.9 Å². The maximum Gasteiger partial charge on any atom is 0.147 e. The highest BCUT2D eigenvalue weighted by Gasteiger charge is 2.24. The third-order valence-electron chi connectivity index (χ3n) is 6.67. The molecule has 0 radical (unpaired) electrons. The molecule has 0 unspecified atom stereocenters. The van der Waals surface area contributed by atoms with Crippen LogP contribution in [0.3, 0.4) is 0 Å². The highest BCUT2D eigenvalue weighted by atomic mass is 19.1. The van der Waals surface area contributed by atoms with Crippen molar-refractivity contribution in [3.63, 3.8) is 0 Å². The summed E-state index contributed by atoms with van der Waals surface area (Å²) in [4.78, 5) is 19.2. The summed E-state index contributed by atoms with van der Waals surface area (Å²) in [6.07, 6.45) is 5.16. The van der Waals surface area contributed by atoms with Crippen LogP contribution in [0.25, 0.3) is 55.7 Å². The molecule has 4 aromatic heterocycles. The van der Waals surface area contributed by atoms with Gasteiger partial charge in [0.1, 0.15) is 23.1 Å². The van der Waals surface area contributed by atoms with Gasteiger partial charge in [0.15, 0.2) is 0 Å². The van der Waals surface area contributed by atoms with Crippen molar-refractivity contribution in [1.29, 1.82) is 0 Å². The molecule has 0 amide bonds. The fraction of sp³-hybridized carbons (Fsp3) is 0.111. The van der Waals surface area contributed by atoms with Crippen LogP contribution in [-0.2, 0) is 0 Å². The molecule has 0 saturated carbocycles. The van der Waals surface area contributed by atoms with Crippen molar-refractivity contribution in [2.24, 2.45) is 5.73 Å². The Kier molecular flexibility index (Phi) is 4.70. The molecular weight excluding hydrogens is 471 g/mol. The van der Waals surface area contributed by atoms with Crippen molar-refractivity contribution in [2.45, 2.75) is 6.04 Å². The van der Waals surface area contributed by atoms with E-state index in [0.29, 0.717) is 11.3 Å². The van der Waals surface area contributed by atoms with Gasteiger partial charge >= 0.3 is 0 Å². The Morgan fingerprint density at radius 2 is 1.81 bits per heavy atom. The zero-order valence-electron chi connectivity index (χ0n) is 19.5. The molecule has 5 heterocycles. The highest BCUT2D eigenvalue weighted by molar-refractivity contribution is 6.00. The number of aromatic amines is 2. The third-order valence-corrected chi connectivity index (χ3v) is 6.67. The highest BCUT2D eigenvalue weighted by Crippen LogP contribution is 2.35. The number of phenolic OH excluding ortho intramolecular Hbond substituents is 1. The predicted octanol–water partition coefficient (Wildman–Crippen LogP) is 4.22. The van der Waals surface area contributed by atoms with Gasteiger partial charge in [-0.1, -0.05) is 6.07 Å². The number of pyridine rings is 1. The maximum atomic E-state index is 14.0. The molecule has 1 saturated heterocycles. The molecule has 1 aliphatic heterocycles. The Labute approximate surface area is 209 Å². The van der Waals surface area contributed by atoms with Gasteiger partial charge < -0.3 is 20.7 Å². The molecule has 182 valence electrons. The standard InChI is InChI=1S/C27H21FN8O/c28-16-5-15(6-18(37)8-16)26-20-9-23(32-21(20)3-4-31-26)27-19-7-14(1-2-22(19)34-35-27)24-10-30-11-25(33-24)36-12-17(29)13-36/h1-11,17,32,37H,12-13,29H2,(H,34,35). The fourth-order valence-electron chi connectivity index (χ4n) is 4.85. The van der Waals surface area contributed by atoms with Gasteiger partial charge in [0.2, 0.25) is 0 Å². The number of hydrogen-bond donors (Lipinski definition) is 4. The third kappa shape index (κ3) is 3.66. The van der Waals surface area contributed by atoms with Gasteiger partial charge in [-0.05, 0) is 36.4 Å². The first-order chi connectivity index (χ1) is 18.0. The summed E-state index contributed by atoms with van der Waals surface area (Å²) in [5.41, 5.74) is 11.9. The van der Waals surface area contributed by atoms with Gasteiger partial charge in [-0.15, -0.1) is 0 Å². The summed E-state index contributed by atoms with van der Waals surface area (Å²) in [7, 11) is 0. The van der Waals surface area contributed by atoms with Crippen LogP contribution in [0.4, 0.5) is 10.2 Å². The minimum Gasteiger partial charge on any atom is -0.508 e. The Hall–Kier alpha value is -4.83. The van der Waals surface area contributed by atoms with Crippen LogP contribution in [-0.4, -0.2) is 54.4 Å². The number of nitrogens with zero attached hydrogens (tertiary/aromatic N) is 5. The molecule has 0 bridgehead atoms. The zero-order valence-corrected chi connectivity index (χ0v) is 19.5. The molecule has 0 aliphatic carbocycles. The topological polar surface area (TPSA) is 133 Å². The largest absolute Gasteiger partial charge is 0.508 e. The van der Waals surface area contributed by atoms with E-state index >= 15 is 0 Å². The second-order valence-electron chi connectivity index (χ2n) is 9.26. The lowest BCUT2D eigenvalue weighted by atomic mass is 10.1. The summed E-state index contributed by atoms with van der Waals surface area (Å²) >= 11 is 0. The number of nitrogens with one attached hydrogen (secondary N) is 2. The van der Waals surface area contributed by atoms with Crippen molar-refractivity contribution in [2.75, 3.05) is 18.0 Å². The smallest absolute Gasteiger partial charge is 0.147 e. The van der Waals surface area contributed by atoms with Crippen molar-refractivity contribution < 1.29 is 9.50 Å². The van der Waals surface area contributed by atoms with Crippen molar-refractivity contribution in [3.8, 4) is 39.7 Å². The number of aromatic nitrogens is 6. The SMILES string of the molecule is NC1CN(c2cncc(-c3ccc4[nH]nc(-c5cc6c(-c7cc(O)cc(F)c7)nccc6[nH]5)c4c3)n2)C1. The van der Waals surface area contributed by atoms with Crippen LogP contribution in [0, 0.1) is 5.82 Å². The van der Waals surface area contributed by atoms with E-state index in [1.54, 1.807) is 18.6 Å². The average molecular weight is 493 g/mol. The fourth-order valence-corrected chi connectivity index (χ4v) is 4.85. The summed E-state index contributed by atoms with van der Waals surface area (Å²) in [5.74, 6) is 0.129. The van der Waals surface area contributed by atoms with Crippen LogP contribution in [0.5, 0.6) is 5.75 Å². The van der Waals surface area contributed by atoms with E-state index in [1.165, 1.54) is 12.1 Å². The van der Waals surface area contributed by atoms with E-state index in [0.717, 1.165) is 69.4 Å². The van der Waals surface area contributed by atoms with Crippen molar-refractivity contribution >= 4 is 27.6 Å². The number of hydrogen-bond acceptors (Lipinski definition) is 7. The molecule has 5 N–H and O–H groups in total. The molecule has 0 atom stereocenters. The predicted molar refractivity (Wildman–Crippen MR) is 139 cm³/mol. The molecule has 9 nitrogen and oxygen atoms in total. The summed E-state index contributed by atoms with van der Waals surface area (Å²) < 4.78 is 14.0. The van der Waals surface area contributed by atoms with E-state index < -0.39 is 5.82 Å². The van der Waals surface area contributed by atoms with Gasteiger partial charge in [-0.2, -0.15) is 5.10 Å². The minimum absolute atomic E-state index is 0.153. The van der Waals surface area contributed by atoms with Gasteiger partial charge in [-0.3, -0.25) is 15.1 Å². The van der Waals surface area contributed by atoms with E-state index in [9.17, 15) is 9.50 Å². The lowest BCUT2D eigenvalue weighted by Gasteiger charge is -2.37. The number of nitrogens with two attached hydrogens (primary N) is 1. The number of phenols is 1. The van der Waals surface area contributed by atoms with E-state index in [1.807, 2.05) is 30.3 Å². The average Bonchev–Trinajstić information content (AvgIpc) is 3.49. The van der Waals surface area contributed by atoms with Gasteiger partial charge in [-0.25, -0.2) is 9.37 Å².